The Balaban J connectivity index is 1.06. The van der Waals surface area contributed by atoms with E-state index in [-0.39, 0.29) is 0 Å². The highest BCUT2D eigenvalue weighted by molar-refractivity contribution is 7.19. The van der Waals surface area contributed by atoms with Gasteiger partial charge in [0.2, 0.25) is 0 Å². The summed E-state index contributed by atoms with van der Waals surface area (Å²) in [5.74, 6) is 0. The van der Waals surface area contributed by atoms with Crippen LogP contribution in [0.5, 0.6) is 0 Å². The molecule has 12 aromatic rings. The van der Waals surface area contributed by atoms with Gasteiger partial charge in [-0.2, -0.15) is 0 Å². The van der Waals surface area contributed by atoms with E-state index in [1.807, 2.05) is 17.4 Å². The molecule has 0 N–H and O–H groups in total. The number of para-hydroxylation sites is 2. The average Bonchev–Trinajstić information content (AvgIpc) is 4.16. The molecule has 0 bridgehead atoms. The number of furan rings is 1. The maximum atomic E-state index is 6.56. The van der Waals surface area contributed by atoms with Crippen LogP contribution < -0.4 is 4.90 Å². The van der Waals surface area contributed by atoms with Gasteiger partial charge in [-0.25, -0.2) is 0 Å². The molecular weight excluding hydrogens is 843 g/mol. The van der Waals surface area contributed by atoms with Gasteiger partial charge in [0, 0.05) is 48.6 Å². The lowest BCUT2D eigenvalue weighted by Crippen LogP contribution is -2.28. The average molecular weight is 884 g/mol. The van der Waals surface area contributed by atoms with E-state index in [0.29, 0.717) is 0 Å². The van der Waals surface area contributed by atoms with Crippen LogP contribution in [0.1, 0.15) is 22.3 Å². The lowest BCUT2D eigenvalue weighted by molar-refractivity contribution is 0.670. The Bertz CT molecular complexity index is 3840. The highest BCUT2D eigenvalue weighted by Gasteiger charge is 2.56. The maximum Gasteiger partial charge on any atom is 0.143 e. The van der Waals surface area contributed by atoms with Crippen molar-refractivity contribution in [1.82, 2.24) is 0 Å². The Morgan fingerprint density at radius 2 is 0.824 bits per heavy atom. The summed E-state index contributed by atoms with van der Waals surface area (Å²) in [6, 6.07) is 91.1. The van der Waals surface area contributed by atoms with Crippen LogP contribution in [0.4, 0.5) is 17.1 Å². The van der Waals surface area contributed by atoms with Gasteiger partial charge in [-0.1, -0.05) is 212 Å². The second-order valence-electron chi connectivity index (χ2n) is 17.9. The topological polar surface area (TPSA) is 16.4 Å². The Hall–Kier alpha value is -8.50. The van der Waals surface area contributed by atoms with E-state index in [0.717, 1.165) is 50.1 Å². The zero-order valence-corrected chi connectivity index (χ0v) is 37.8. The molecule has 0 saturated heterocycles. The van der Waals surface area contributed by atoms with Crippen molar-refractivity contribution in [2.24, 2.45) is 0 Å². The molecule has 2 aliphatic carbocycles. The monoisotopic (exact) mass is 883 g/mol. The van der Waals surface area contributed by atoms with Crippen molar-refractivity contribution < 1.29 is 4.42 Å². The molecule has 2 nitrogen and oxygen atoms in total. The molecule has 68 heavy (non-hydrogen) atoms. The molecule has 0 amide bonds. The molecule has 10 aromatic carbocycles. The van der Waals surface area contributed by atoms with Crippen molar-refractivity contribution in [3.8, 4) is 65.4 Å². The third-order valence-corrected chi connectivity index (χ3v) is 15.6. The summed E-state index contributed by atoms with van der Waals surface area (Å²) in [5.41, 5.74) is 21.9. The van der Waals surface area contributed by atoms with E-state index in [9.17, 15) is 0 Å². The summed E-state index contributed by atoms with van der Waals surface area (Å²) < 4.78 is 6.56. The SMILES string of the molecule is c1ccc(-c2ccc(N(c3ccc(-c4cccc5c4oc4ccccc45)cc3)c3cccc4c3C3(c5ccccc5-c5ccccc53)c3c(-c5ccccc5)sc(-c5ccccc5)c3-4)cc2)cc1. The lowest BCUT2D eigenvalue weighted by atomic mass is 9.69. The normalized spacial score (nSPS) is 12.8. The molecule has 0 radical (unpaired) electrons. The molecule has 0 saturated carbocycles. The summed E-state index contributed by atoms with van der Waals surface area (Å²) in [6.45, 7) is 0. The molecule has 0 aliphatic heterocycles. The third kappa shape index (κ3) is 5.63. The van der Waals surface area contributed by atoms with Crippen molar-refractivity contribution in [3.63, 3.8) is 0 Å². The number of nitrogens with zero attached hydrogens (tertiary/aromatic N) is 1. The standard InChI is InChI=1S/C65H41NOS/c1-4-18-42(19-5-1)43-34-38-47(39-35-43)66(48-40-36-44(37-41-48)49-27-16-28-53-52-26-12-15-33-58(52)67-62(49)53)57-32-17-29-54-59-61(64(46-22-8-3-9-23-46)68-63(59)45-20-6-2-7-21-45)65(60(54)57)55-30-13-10-24-50(55)51-25-11-14-31-56(51)65/h1-41H. The number of rotatable bonds is 7. The minimum atomic E-state index is -0.637. The van der Waals surface area contributed by atoms with Crippen LogP contribution in [0.25, 0.3) is 87.3 Å². The van der Waals surface area contributed by atoms with Crippen LogP contribution in [-0.2, 0) is 5.41 Å². The first kappa shape index (κ1) is 38.7. The van der Waals surface area contributed by atoms with Crippen LogP contribution in [0.2, 0.25) is 0 Å². The molecule has 0 unspecified atom stereocenters. The second-order valence-corrected chi connectivity index (χ2v) is 18.9. The number of thiophene rings is 1. The highest BCUT2D eigenvalue weighted by atomic mass is 32.1. The Morgan fingerprint density at radius 3 is 1.49 bits per heavy atom. The summed E-state index contributed by atoms with van der Waals surface area (Å²) in [4.78, 5) is 5.10. The number of anilines is 3. The van der Waals surface area contributed by atoms with Crippen molar-refractivity contribution in [2.75, 3.05) is 4.90 Å². The van der Waals surface area contributed by atoms with Crippen LogP contribution in [0.15, 0.2) is 253 Å². The first-order chi connectivity index (χ1) is 33.8. The van der Waals surface area contributed by atoms with Gasteiger partial charge in [-0.15, -0.1) is 11.3 Å². The largest absolute Gasteiger partial charge is 0.455 e. The molecule has 2 aromatic heterocycles. The van der Waals surface area contributed by atoms with Crippen molar-refractivity contribution >= 4 is 50.3 Å². The molecule has 318 valence electrons. The Kier molecular flexibility index (Phi) is 8.71. The van der Waals surface area contributed by atoms with Gasteiger partial charge in [0.05, 0.1) is 11.1 Å². The maximum absolute atomic E-state index is 6.56. The van der Waals surface area contributed by atoms with Crippen molar-refractivity contribution in [2.45, 2.75) is 5.41 Å². The van der Waals surface area contributed by atoms with E-state index in [2.05, 4.69) is 248 Å². The zero-order chi connectivity index (χ0) is 44.8. The van der Waals surface area contributed by atoms with Crippen LogP contribution in [-0.4, -0.2) is 0 Å². The van der Waals surface area contributed by atoms with Crippen molar-refractivity contribution in [3.05, 3.63) is 271 Å². The minimum Gasteiger partial charge on any atom is -0.455 e. The van der Waals surface area contributed by atoms with Gasteiger partial charge in [-0.05, 0) is 97.6 Å². The number of fused-ring (bicyclic) bond motifs is 13. The van der Waals surface area contributed by atoms with Crippen LogP contribution in [0, 0.1) is 0 Å². The summed E-state index contributed by atoms with van der Waals surface area (Å²) in [6.07, 6.45) is 0. The Morgan fingerprint density at radius 1 is 0.338 bits per heavy atom. The van der Waals surface area contributed by atoms with Crippen LogP contribution in [0.3, 0.4) is 0 Å². The van der Waals surface area contributed by atoms with E-state index in [4.69, 9.17) is 4.42 Å². The summed E-state index contributed by atoms with van der Waals surface area (Å²) in [5, 5.41) is 2.26. The quantitative estimate of drug-likeness (QED) is 0.159. The molecule has 0 atom stereocenters. The van der Waals surface area contributed by atoms with Crippen LogP contribution >= 0.6 is 11.3 Å². The first-order valence-electron chi connectivity index (χ1n) is 23.3. The van der Waals surface area contributed by atoms with Gasteiger partial charge in [-0.3, -0.25) is 0 Å². The van der Waals surface area contributed by atoms with E-state index < -0.39 is 5.41 Å². The smallest absolute Gasteiger partial charge is 0.143 e. The predicted molar refractivity (Wildman–Crippen MR) is 284 cm³/mol. The van der Waals surface area contributed by atoms with Gasteiger partial charge in [0.15, 0.2) is 0 Å². The fourth-order valence-electron chi connectivity index (χ4n) is 11.5. The van der Waals surface area contributed by atoms with E-state index in [1.165, 1.54) is 76.5 Å². The summed E-state index contributed by atoms with van der Waals surface area (Å²) in [7, 11) is 0. The summed E-state index contributed by atoms with van der Waals surface area (Å²) >= 11 is 1.93. The fourth-order valence-corrected chi connectivity index (χ4v) is 12.9. The van der Waals surface area contributed by atoms with Gasteiger partial charge in [0.1, 0.15) is 11.2 Å². The molecular formula is C65H41NOS. The van der Waals surface area contributed by atoms with E-state index in [1.54, 1.807) is 0 Å². The molecule has 2 heterocycles. The minimum absolute atomic E-state index is 0.637. The first-order valence-corrected chi connectivity index (χ1v) is 24.1. The predicted octanol–water partition coefficient (Wildman–Crippen LogP) is 18.1. The number of hydrogen-bond acceptors (Lipinski definition) is 3. The van der Waals surface area contributed by atoms with Gasteiger partial charge in [0.25, 0.3) is 0 Å². The molecule has 0 fully saturated rings. The number of hydrogen-bond donors (Lipinski definition) is 0. The van der Waals surface area contributed by atoms with Crippen molar-refractivity contribution in [1.29, 1.82) is 0 Å². The number of benzene rings is 10. The van der Waals surface area contributed by atoms with E-state index >= 15 is 0 Å². The molecule has 14 rings (SSSR count). The third-order valence-electron chi connectivity index (χ3n) is 14.3. The Labute approximate surface area is 399 Å². The zero-order valence-electron chi connectivity index (χ0n) is 36.9. The van der Waals surface area contributed by atoms with Gasteiger partial charge >= 0.3 is 0 Å². The van der Waals surface area contributed by atoms with Gasteiger partial charge < -0.3 is 9.32 Å². The molecule has 1 spiro atoms. The molecule has 3 heteroatoms. The fraction of sp³-hybridized carbons (Fsp3) is 0.0154. The highest BCUT2D eigenvalue weighted by Crippen LogP contribution is 2.70. The molecule has 2 aliphatic rings. The second kappa shape index (κ2) is 15.3. The lowest BCUT2D eigenvalue weighted by Gasteiger charge is -2.36.